The highest BCUT2D eigenvalue weighted by molar-refractivity contribution is 7.27. The van der Waals surface area contributed by atoms with Crippen LogP contribution in [0.25, 0.3) is 9.40 Å². The molecule has 0 saturated heterocycles. The van der Waals surface area contributed by atoms with Gasteiger partial charge >= 0.3 is 0 Å². The quantitative estimate of drug-likeness (QED) is 0.669. The van der Waals surface area contributed by atoms with E-state index in [4.69, 9.17) is 0 Å². The number of hydrogen-bond acceptors (Lipinski definition) is 3. The van der Waals surface area contributed by atoms with Crippen LogP contribution in [-0.2, 0) is 0 Å². The number of rotatable bonds is 5. The summed E-state index contributed by atoms with van der Waals surface area (Å²) in [5.74, 6) is -1.60. The number of halogens is 2. The molecule has 0 spiro atoms. The van der Waals surface area contributed by atoms with Crippen LogP contribution in [0, 0.1) is 11.6 Å². The Morgan fingerprint density at radius 2 is 1.95 bits per heavy atom. The first kappa shape index (κ1) is 14.6. The molecule has 0 bridgehead atoms. The molecule has 0 radical (unpaired) electrons. The second-order valence-corrected chi connectivity index (χ2v) is 6.92. The Labute approximate surface area is 130 Å². The fourth-order valence-electron chi connectivity index (χ4n) is 2.29. The lowest BCUT2D eigenvalue weighted by Gasteiger charge is -2.17. The summed E-state index contributed by atoms with van der Waals surface area (Å²) in [6, 6.07) is 8.27. The molecule has 1 N–H and O–H groups in total. The smallest absolute Gasteiger partial charge is 0.159 e. The van der Waals surface area contributed by atoms with Crippen LogP contribution in [0.2, 0.25) is 0 Å². The average Bonchev–Trinajstić information content (AvgIpc) is 3.04. The van der Waals surface area contributed by atoms with Gasteiger partial charge in [0.15, 0.2) is 11.6 Å². The molecule has 3 aromatic rings. The summed E-state index contributed by atoms with van der Waals surface area (Å²) in [5.41, 5.74) is 0.760. The van der Waals surface area contributed by atoms with Crippen LogP contribution in [0.1, 0.15) is 29.8 Å². The molecule has 0 aliphatic carbocycles. The van der Waals surface area contributed by atoms with Crippen LogP contribution in [0.15, 0.2) is 35.7 Å². The fourth-order valence-corrected chi connectivity index (χ4v) is 4.51. The molecule has 1 unspecified atom stereocenters. The molecular formula is C16H15F2NS2. The highest BCUT2D eigenvalue weighted by Crippen LogP contribution is 2.36. The van der Waals surface area contributed by atoms with E-state index in [1.54, 1.807) is 28.7 Å². The van der Waals surface area contributed by atoms with Crippen molar-refractivity contribution in [2.45, 2.75) is 19.4 Å². The average molecular weight is 323 g/mol. The van der Waals surface area contributed by atoms with Crippen molar-refractivity contribution >= 4 is 32.1 Å². The zero-order chi connectivity index (χ0) is 14.8. The molecule has 1 atom stereocenters. The van der Waals surface area contributed by atoms with Crippen molar-refractivity contribution in [2.75, 3.05) is 6.54 Å². The summed E-state index contributed by atoms with van der Waals surface area (Å²) in [6.07, 6.45) is 0.986. The molecular weight excluding hydrogens is 308 g/mol. The highest BCUT2D eigenvalue weighted by Gasteiger charge is 2.18. The summed E-state index contributed by atoms with van der Waals surface area (Å²) < 4.78 is 29.1. The van der Waals surface area contributed by atoms with Crippen molar-refractivity contribution in [3.05, 3.63) is 57.8 Å². The van der Waals surface area contributed by atoms with E-state index in [1.165, 1.54) is 21.5 Å². The molecule has 5 heteroatoms. The summed E-state index contributed by atoms with van der Waals surface area (Å²) in [7, 11) is 0. The van der Waals surface area contributed by atoms with Crippen LogP contribution < -0.4 is 5.32 Å². The molecule has 0 saturated carbocycles. The van der Waals surface area contributed by atoms with Crippen LogP contribution >= 0.6 is 22.7 Å². The second kappa shape index (κ2) is 6.22. The third-order valence-electron chi connectivity index (χ3n) is 3.32. The normalized spacial score (nSPS) is 12.9. The first-order valence-corrected chi connectivity index (χ1v) is 8.54. The lowest BCUT2D eigenvalue weighted by molar-refractivity contribution is 0.503. The third-order valence-corrected chi connectivity index (χ3v) is 5.48. The highest BCUT2D eigenvalue weighted by atomic mass is 32.1. The molecule has 0 fully saturated rings. The van der Waals surface area contributed by atoms with E-state index < -0.39 is 11.6 Å². The van der Waals surface area contributed by atoms with Gasteiger partial charge in [-0.3, -0.25) is 0 Å². The van der Waals surface area contributed by atoms with E-state index in [9.17, 15) is 8.78 Å². The van der Waals surface area contributed by atoms with Crippen molar-refractivity contribution in [1.29, 1.82) is 0 Å². The van der Waals surface area contributed by atoms with Gasteiger partial charge < -0.3 is 5.32 Å². The van der Waals surface area contributed by atoms with E-state index in [1.807, 2.05) is 0 Å². The van der Waals surface area contributed by atoms with E-state index in [0.29, 0.717) is 0 Å². The van der Waals surface area contributed by atoms with Crippen molar-refractivity contribution in [2.24, 2.45) is 0 Å². The first-order valence-electron chi connectivity index (χ1n) is 6.84. The van der Waals surface area contributed by atoms with Gasteiger partial charge in [0, 0.05) is 14.3 Å². The summed E-state index contributed by atoms with van der Waals surface area (Å²) >= 11 is 3.40. The van der Waals surface area contributed by atoms with Gasteiger partial charge in [0.05, 0.1) is 6.04 Å². The van der Waals surface area contributed by atoms with E-state index >= 15 is 0 Å². The Balaban J connectivity index is 1.99. The van der Waals surface area contributed by atoms with Crippen molar-refractivity contribution in [1.82, 2.24) is 5.32 Å². The summed E-state index contributed by atoms with van der Waals surface area (Å²) in [5, 5.41) is 5.49. The molecule has 0 amide bonds. The first-order chi connectivity index (χ1) is 10.2. The Morgan fingerprint density at radius 3 is 2.67 bits per heavy atom. The van der Waals surface area contributed by atoms with E-state index in [0.717, 1.165) is 23.4 Å². The third kappa shape index (κ3) is 3.00. The van der Waals surface area contributed by atoms with Crippen LogP contribution in [0.5, 0.6) is 0 Å². The predicted molar refractivity (Wildman–Crippen MR) is 86.2 cm³/mol. The Hall–Kier alpha value is -1.30. The molecule has 21 heavy (non-hydrogen) atoms. The molecule has 0 aliphatic heterocycles. The summed E-state index contributed by atoms with van der Waals surface area (Å²) in [4.78, 5) is 1.14. The van der Waals surface area contributed by atoms with Gasteiger partial charge in [-0.15, -0.1) is 22.7 Å². The zero-order valence-electron chi connectivity index (χ0n) is 11.5. The second-order valence-electron chi connectivity index (χ2n) is 4.86. The van der Waals surface area contributed by atoms with E-state index in [2.05, 4.69) is 29.8 Å². The molecule has 3 rings (SSSR count). The number of benzene rings is 1. The number of fused-ring (bicyclic) bond motifs is 1. The Morgan fingerprint density at radius 1 is 1.10 bits per heavy atom. The standard InChI is InChI=1S/C16H15F2NS2/c1-2-6-19-16(10-3-4-11(17)12(18)8-10)15-9-14-13(21-15)5-7-20-14/h3-5,7-9,16,19H,2,6H2,1H3. The maximum atomic E-state index is 13.5. The SMILES string of the molecule is CCCNC(c1ccc(F)c(F)c1)c1cc2sccc2s1. The number of nitrogens with one attached hydrogen (secondary N) is 1. The zero-order valence-corrected chi connectivity index (χ0v) is 13.2. The minimum atomic E-state index is -0.805. The number of thiophene rings is 2. The van der Waals surface area contributed by atoms with Gasteiger partial charge in [0.1, 0.15) is 0 Å². The molecule has 0 aliphatic rings. The summed E-state index contributed by atoms with van der Waals surface area (Å²) in [6.45, 7) is 2.91. The number of hydrogen-bond donors (Lipinski definition) is 1. The fraction of sp³-hybridized carbons (Fsp3) is 0.250. The lowest BCUT2D eigenvalue weighted by Crippen LogP contribution is -2.22. The lowest BCUT2D eigenvalue weighted by atomic mass is 10.0. The largest absolute Gasteiger partial charge is 0.306 e. The van der Waals surface area contributed by atoms with Crippen molar-refractivity contribution < 1.29 is 8.78 Å². The molecule has 2 heterocycles. The topological polar surface area (TPSA) is 12.0 Å². The van der Waals surface area contributed by atoms with Gasteiger partial charge in [0.2, 0.25) is 0 Å². The van der Waals surface area contributed by atoms with Gasteiger partial charge in [-0.1, -0.05) is 13.0 Å². The van der Waals surface area contributed by atoms with Gasteiger partial charge in [-0.25, -0.2) is 8.78 Å². The van der Waals surface area contributed by atoms with Crippen molar-refractivity contribution in [3.63, 3.8) is 0 Å². The van der Waals surface area contributed by atoms with Crippen molar-refractivity contribution in [3.8, 4) is 0 Å². The minimum absolute atomic E-state index is 0.0929. The van der Waals surface area contributed by atoms with Crippen LogP contribution in [-0.4, -0.2) is 6.54 Å². The monoisotopic (exact) mass is 323 g/mol. The molecule has 110 valence electrons. The predicted octanol–water partition coefficient (Wildman–Crippen LogP) is 5.33. The Kier molecular flexibility index (Phi) is 4.33. The van der Waals surface area contributed by atoms with Gasteiger partial charge in [-0.05, 0) is 48.2 Å². The van der Waals surface area contributed by atoms with E-state index in [-0.39, 0.29) is 6.04 Å². The van der Waals surface area contributed by atoms with Crippen LogP contribution in [0.3, 0.4) is 0 Å². The van der Waals surface area contributed by atoms with Gasteiger partial charge in [-0.2, -0.15) is 0 Å². The Bertz CT molecular complexity index is 719. The maximum Gasteiger partial charge on any atom is 0.159 e. The molecule has 2 aromatic heterocycles. The minimum Gasteiger partial charge on any atom is -0.306 e. The molecule has 1 nitrogen and oxygen atoms in total. The van der Waals surface area contributed by atoms with Crippen LogP contribution in [0.4, 0.5) is 8.78 Å². The molecule has 1 aromatic carbocycles. The van der Waals surface area contributed by atoms with Gasteiger partial charge in [0.25, 0.3) is 0 Å². The maximum absolute atomic E-state index is 13.5.